The van der Waals surface area contributed by atoms with Crippen LogP contribution in [0.1, 0.15) is 25.5 Å². The average molecular weight is 327 g/mol. The second-order valence-electron chi connectivity index (χ2n) is 6.70. The van der Waals surface area contributed by atoms with Crippen LogP contribution < -0.4 is 0 Å². The largest absolute Gasteiger partial charge is 0.466 e. The van der Waals surface area contributed by atoms with Gasteiger partial charge in [-0.2, -0.15) is 0 Å². The van der Waals surface area contributed by atoms with Gasteiger partial charge in [0.15, 0.2) is 0 Å². The van der Waals surface area contributed by atoms with Gasteiger partial charge in [-0.1, -0.05) is 42.5 Å². The van der Waals surface area contributed by atoms with E-state index in [9.17, 15) is 9.59 Å². The van der Waals surface area contributed by atoms with Crippen molar-refractivity contribution in [3.8, 4) is 0 Å². The summed E-state index contributed by atoms with van der Waals surface area (Å²) in [5.74, 6) is -1.36. The number of carbonyl (C=O) groups excluding carboxylic acids is 2. The van der Waals surface area contributed by atoms with Gasteiger partial charge >= 0.3 is 5.97 Å². The van der Waals surface area contributed by atoms with Crippen LogP contribution in [0.4, 0.5) is 0 Å². The molecule has 4 rings (SSSR count). The Morgan fingerprint density at radius 1 is 1.42 bits per heavy atom. The number of carbonyl (C=O) groups is 2. The number of amides is 1. The number of hydrogen-bond acceptors (Lipinski definition) is 4. The predicted molar refractivity (Wildman–Crippen MR) is 86.9 cm³/mol. The minimum Gasteiger partial charge on any atom is -0.466 e. The summed E-state index contributed by atoms with van der Waals surface area (Å²) in [4.78, 5) is 27.3. The van der Waals surface area contributed by atoms with Crippen molar-refractivity contribution in [3.63, 3.8) is 0 Å². The molecule has 2 bridgehead atoms. The van der Waals surface area contributed by atoms with Gasteiger partial charge in [0.05, 0.1) is 31.2 Å². The summed E-state index contributed by atoms with van der Waals surface area (Å²) in [5.41, 5.74) is 0.399. The Bertz CT molecular complexity index is 701. The molecule has 0 radical (unpaired) electrons. The fourth-order valence-corrected chi connectivity index (χ4v) is 4.27. The topological polar surface area (TPSA) is 55.8 Å². The zero-order valence-corrected chi connectivity index (χ0v) is 13.8. The van der Waals surface area contributed by atoms with Crippen molar-refractivity contribution in [1.29, 1.82) is 0 Å². The van der Waals surface area contributed by atoms with Gasteiger partial charge in [0.25, 0.3) is 0 Å². The maximum atomic E-state index is 13.1. The van der Waals surface area contributed by atoms with E-state index >= 15 is 0 Å². The van der Waals surface area contributed by atoms with E-state index in [-0.39, 0.29) is 24.0 Å². The Kier molecular flexibility index (Phi) is 3.49. The Morgan fingerprint density at radius 2 is 2.17 bits per heavy atom. The normalized spacial score (nSPS) is 34.5. The van der Waals surface area contributed by atoms with Crippen molar-refractivity contribution in [3.05, 3.63) is 48.0 Å². The first kappa shape index (κ1) is 15.4. The molecule has 0 aromatic heterocycles. The molecule has 24 heavy (non-hydrogen) atoms. The number of likely N-dealkylation sites (tertiary alicyclic amines) is 1. The van der Waals surface area contributed by atoms with Gasteiger partial charge in [-0.25, -0.2) is 0 Å². The lowest BCUT2D eigenvalue weighted by molar-refractivity contribution is -0.153. The molecular formula is C19H21NO4. The highest BCUT2D eigenvalue weighted by atomic mass is 16.6. The second kappa shape index (κ2) is 5.45. The van der Waals surface area contributed by atoms with Crippen LogP contribution >= 0.6 is 0 Å². The summed E-state index contributed by atoms with van der Waals surface area (Å²) in [6.07, 6.45) is 3.53. The third-order valence-electron chi connectivity index (χ3n) is 5.44. The Morgan fingerprint density at radius 3 is 2.88 bits per heavy atom. The Balaban J connectivity index is 1.64. The van der Waals surface area contributed by atoms with Crippen molar-refractivity contribution in [2.45, 2.75) is 31.6 Å². The number of fused-ring (bicyclic) bond motifs is 1. The van der Waals surface area contributed by atoms with Crippen LogP contribution in [0.15, 0.2) is 42.5 Å². The number of rotatable bonds is 4. The van der Waals surface area contributed by atoms with Crippen LogP contribution in [-0.2, 0) is 19.1 Å². The van der Waals surface area contributed by atoms with Crippen LogP contribution in [0.5, 0.6) is 0 Å². The molecule has 2 saturated heterocycles. The highest BCUT2D eigenvalue weighted by molar-refractivity contribution is 5.91. The number of benzene rings is 1. The number of esters is 1. The number of nitrogens with zero attached hydrogens (tertiary/aromatic N) is 1. The summed E-state index contributed by atoms with van der Waals surface area (Å²) in [5, 5.41) is 0. The molecule has 0 saturated carbocycles. The molecule has 126 valence electrons. The fraction of sp³-hybridized carbons (Fsp3) is 0.474. The molecule has 1 aromatic carbocycles. The number of ether oxygens (including phenoxy) is 2. The maximum Gasteiger partial charge on any atom is 0.312 e. The second-order valence-corrected chi connectivity index (χ2v) is 6.70. The third kappa shape index (κ3) is 2.04. The van der Waals surface area contributed by atoms with Crippen molar-refractivity contribution in [1.82, 2.24) is 4.90 Å². The fourth-order valence-electron chi connectivity index (χ4n) is 4.27. The van der Waals surface area contributed by atoms with Gasteiger partial charge in [-0.05, 0) is 19.4 Å². The van der Waals surface area contributed by atoms with Gasteiger partial charge in [0.2, 0.25) is 5.91 Å². The molecule has 0 N–H and O–H groups in total. The van der Waals surface area contributed by atoms with Crippen LogP contribution in [0, 0.1) is 11.8 Å². The van der Waals surface area contributed by atoms with Gasteiger partial charge < -0.3 is 14.4 Å². The first-order valence-corrected chi connectivity index (χ1v) is 8.46. The predicted octanol–water partition coefficient (Wildman–Crippen LogP) is 2.09. The zero-order valence-electron chi connectivity index (χ0n) is 13.8. The smallest absolute Gasteiger partial charge is 0.312 e. The van der Waals surface area contributed by atoms with E-state index in [1.165, 1.54) is 0 Å². The van der Waals surface area contributed by atoms with Crippen molar-refractivity contribution in [2.24, 2.45) is 11.8 Å². The van der Waals surface area contributed by atoms with Crippen LogP contribution in [0.25, 0.3) is 0 Å². The molecule has 2 fully saturated rings. The first-order chi connectivity index (χ1) is 11.6. The van der Waals surface area contributed by atoms with Crippen LogP contribution in [0.2, 0.25) is 0 Å². The summed E-state index contributed by atoms with van der Waals surface area (Å²) < 4.78 is 11.3. The average Bonchev–Trinajstić information content (AvgIpc) is 3.23. The molecule has 5 nitrogen and oxygen atoms in total. The van der Waals surface area contributed by atoms with E-state index in [0.29, 0.717) is 13.2 Å². The highest BCUT2D eigenvalue weighted by Gasteiger charge is 2.67. The quantitative estimate of drug-likeness (QED) is 0.628. The molecule has 5 heteroatoms. The van der Waals surface area contributed by atoms with E-state index in [0.717, 1.165) is 5.56 Å². The minimum atomic E-state index is -0.678. The lowest BCUT2D eigenvalue weighted by atomic mass is 9.77. The van der Waals surface area contributed by atoms with E-state index in [1.54, 1.807) is 6.92 Å². The molecule has 3 heterocycles. The first-order valence-electron chi connectivity index (χ1n) is 8.46. The highest BCUT2D eigenvalue weighted by Crippen LogP contribution is 2.53. The van der Waals surface area contributed by atoms with Gasteiger partial charge in [-0.15, -0.1) is 0 Å². The van der Waals surface area contributed by atoms with Crippen molar-refractivity contribution < 1.29 is 19.1 Å². The third-order valence-corrected chi connectivity index (χ3v) is 5.44. The molecule has 3 aliphatic heterocycles. The lowest BCUT2D eigenvalue weighted by Gasteiger charge is -2.27. The summed E-state index contributed by atoms with van der Waals surface area (Å²) in [6, 6.07) is 9.86. The van der Waals surface area contributed by atoms with E-state index in [1.807, 2.05) is 54.3 Å². The molecule has 0 unspecified atom stereocenters. The SMILES string of the molecule is CCOC(=O)[C@H]1[C@H]2C(=O)N([C@H](C)c3ccccc3)C[C@]23C=C[C@H]1O3. The van der Waals surface area contributed by atoms with Crippen LogP contribution in [0.3, 0.4) is 0 Å². The van der Waals surface area contributed by atoms with Gasteiger partial charge in [-0.3, -0.25) is 9.59 Å². The monoisotopic (exact) mass is 327 g/mol. The summed E-state index contributed by atoms with van der Waals surface area (Å²) in [6.45, 7) is 4.58. The summed E-state index contributed by atoms with van der Waals surface area (Å²) in [7, 11) is 0. The Labute approximate surface area is 141 Å². The summed E-state index contributed by atoms with van der Waals surface area (Å²) >= 11 is 0. The van der Waals surface area contributed by atoms with Crippen molar-refractivity contribution in [2.75, 3.05) is 13.2 Å². The molecule has 5 atom stereocenters. The zero-order chi connectivity index (χ0) is 16.9. The van der Waals surface area contributed by atoms with E-state index < -0.39 is 17.4 Å². The minimum absolute atomic E-state index is 0.0174. The van der Waals surface area contributed by atoms with E-state index in [2.05, 4.69) is 0 Å². The van der Waals surface area contributed by atoms with Gasteiger partial charge in [0.1, 0.15) is 11.5 Å². The molecule has 3 aliphatic rings. The van der Waals surface area contributed by atoms with E-state index in [4.69, 9.17) is 9.47 Å². The Hall–Kier alpha value is -2.14. The maximum absolute atomic E-state index is 13.1. The molecule has 1 spiro atoms. The van der Waals surface area contributed by atoms with Crippen molar-refractivity contribution >= 4 is 11.9 Å². The lowest BCUT2D eigenvalue weighted by Crippen LogP contribution is -2.40. The number of hydrogen-bond donors (Lipinski definition) is 0. The molecule has 1 aromatic rings. The standard InChI is InChI=1S/C19H21NO4/c1-3-23-18(22)15-14-9-10-19(24-14)11-20(17(21)16(15)19)12(2)13-7-5-4-6-8-13/h4-10,12,14-16H,3,11H2,1-2H3/t12-,14-,15-,16+,19-/m1/s1. The molecule has 1 amide bonds. The molecule has 0 aliphatic carbocycles. The molecular weight excluding hydrogens is 306 g/mol. The van der Waals surface area contributed by atoms with Gasteiger partial charge in [0, 0.05) is 0 Å². The van der Waals surface area contributed by atoms with Crippen LogP contribution in [-0.4, -0.2) is 41.6 Å².